The molecule has 3 nitrogen and oxygen atoms in total. The third-order valence-electron chi connectivity index (χ3n) is 2.82. The Bertz CT molecular complexity index is 414. The summed E-state index contributed by atoms with van der Waals surface area (Å²) in [6.45, 7) is 2.59. The highest BCUT2D eigenvalue weighted by atomic mass is 19.1. The van der Waals surface area contributed by atoms with Crippen LogP contribution >= 0.6 is 0 Å². The number of pyridine rings is 1. The number of nitrogens with zero attached hydrogens (tertiary/aromatic N) is 2. The molecule has 0 unspecified atom stereocenters. The molecule has 1 amide bonds. The Labute approximate surface area is 93.6 Å². The maximum Gasteiger partial charge on any atom is 0.210 e. The van der Waals surface area contributed by atoms with Crippen LogP contribution in [0.3, 0.4) is 0 Å². The van der Waals surface area contributed by atoms with Crippen molar-refractivity contribution < 1.29 is 9.18 Å². The molecule has 4 heteroatoms. The average Bonchev–Trinajstić information content (AvgIpc) is 2.30. The highest BCUT2D eigenvalue weighted by Crippen LogP contribution is 2.24. The van der Waals surface area contributed by atoms with Crippen molar-refractivity contribution in [3.8, 4) is 0 Å². The number of halogens is 1. The number of hydrogen-bond donors (Lipinski definition) is 0. The molecular formula is C12H13FN2O. The van der Waals surface area contributed by atoms with E-state index in [0.717, 1.165) is 24.1 Å². The zero-order chi connectivity index (χ0) is 11.5. The van der Waals surface area contributed by atoms with E-state index in [1.165, 1.54) is 12.3 Å². The van der Waals surface area contributed by atoms with Gasteiger partial charge in [0.15, 0.2) is 0 Å². The monoisotopic (exact) mass is 220 g/mol. The molecule has 84 valence electrons. The number of amides is 1. The molecule has 1 atom stereocenters. The van der Waals surface area contributed by atoms with Crippen LogP contribution in [0.4, 0.5) is 4.39 Å². The molecule has 0 spiro atoms. The fourth-order valence-electron chi connectivity index (χ4n) is 1.84. The van der Waals surface area contributed by atoms with Crippen molar-refractivity contribution in [2.45, 2.75) is 19.4 Å². The number of aromatic nitrogens is 1. The van der Waals surface area contributed by atoms with E-state index in [2.05, 4.69) is 4.98 Å². The molecule has 0 aliphatic carbocycles. The van der Waals surface area contributed by atoms with Crippen LogP contribution in [0.2, 0.25) is 0 Å². The van der Waals surface area contributed by atoms with Crippen molar-refractivity contribution in [3.05, 3.63) is 35.9 Å². The van der Waals surface area contributed by atoms with Gasteiger partial charge in [-0.2, -0.15) is 0 Å². The quantitative estimate of drug-likeness (QED) is 0.713. The largest absolute Gasteiger partial charge is 0.338 e. The summed E-state index contributed by atoms with van der Waals surface area (Å²) < 4.78 is 12.7. The normalized spacial score (nSPS) is 20.5. The second kappa shape index (κ2) is 4.43. The van der Waals surface area contributed by atoms with Gasteiger partial charge in [0.25, 0.3) is 0 Å². The lowest BCUT2D eigenvalue weighted by Gasteiger charge is -2.29. The minimum absolute atomic E-state index is 0.171. The van der Waals surface area contributed by atoms with Gasteiger partial charge >= 0.3 is 0 Å². The third kappa shape index (κ3) is 2.10. The summed E-state index contributed by atoms with van der Waals surface area (Å²) in [5.41, 5.74) is 1.87. The van der Waals surface area contributed by atoms with Crippen LogP contribution in [0.5, 0.6) is 0 Å². The Morgan fingerprint density at radius 1 is 1.56 bits per heavy atom. The highest BCUT2D eigenvalue weighted by Gasteiger charge is 2.19. The predicted octanol–water partition coefficient (Wildman–Crippen LogP) is 1.85. The van der Waals surface area contributed by atoms with E-state index in [1.807, 2.05) is 13.0 Å². The molecule has 1 aliphatic heterocycles. The Morgan fingerprint density at radius 3 is 2.94 bits per heavy atom. The van der Waals surface area contributed by atoms with E-state index in [9.17, 15) is 9.18 Å². The fourth-order valence-corrected chi connectivity index (χ4v) is 1.84. The van der Waals surface area contributed by atoms with Gasteiger partial charge in [0.2, 0.25) is 6.41 Å². The zero-order valence-electron chi connectivity index (χ0n) is 9.06. The van der Waals surface area contributed by atoms with E-state index in [4.69, 9.17) is 0 Å². The van der Waals surface area contributed by atoms with E-state index in [-0.39, 0.29) is 11.9 Å². The van der Waals surface area contributed by atoms with Crippen LogP contribution in [0.1, 0.15) is 19.0 Å². The molecule has 16 heavy (non-hydrogen) atoms. The van der Waals surface area contributed by atoms with E-state index in [1.54, 1.807) is 11.0 Å². The predicted molar refractivity (Wildman–Crippen MR) is 59.0 cm³/mol. The Kier molecular flexibility index (Phi) is 2.99. The van der Waals surface area contributed by atoms with Crippen molar-refractivity contribution in [1.29, 1.82) is 0 Å². The minimum Gasteiger partial charge on any atom is -0.338 e. The second-order valence-electron chi connectivity index (χ2n) is 3.95. The summed E-state index contributed by atoms with van der Waals surface area (Å²) in [7, 11) is 0. The molecule has 0 radical (unpaired) electrons. The molecule has 0 fully saturated rings. The first-order valence-corrected chi connectivity index (χ1v) is 5.22. The summed E-state index contributed by atoms with van der Waals surface area (Å²) >= 11 is 0. The molecule has 2 rings (SSSR count). The molecule has 0 bridgehead atoms. The summed E-state index contributed by atoms with van der Waals surface area (Å²) in [6, 6.07) is 3.24. The molecule has 0 saturated heterocycles. The smallest absolute Gasteiger partial charge is 0.210 e. The van der Waals surface area contributed by atoms with Crippen molar-refractivity contribution in [3.63, 3.8) is 0 Å². The number of carbonyl (C=O) groups is 1. The third-order valence-corrected chi connectivity index (χ3v) is 2.82. The first-order chi connectivity index (χ1) is 7.70. The first kappa shape index (κ1) is 10.8. The van der Waals surface area contributed by atoms with Gasteiger partial charge in [-0.05, 0) is 31.1 Å². The lowest BCUT2D eigenvalue weighted by molar-refractivity contribution is -0.119. The van der Waals surface area contributed by atoms with Gasteiger partial charge in [-0.15, -0.1) is 0 Å². The van der Waals surface area contributed by atoms with E-state index < -0.39 is 0 Å². The topological polar surface area (TPSA) is 33.2 Å². The van der Waals surface area contributed by atoms with Crippen molar-refractivity contribution in [2.75, 3.05) is 6.54 Å². The highest BCUT2D eigenvalue weighted by molar-refractivity contribution is 5.65. The van der Waals surface area contributed by atoms with Crippen molar-refractivity contribution in [2.24, 2.45) is 0 Å². The molecule has 1 aromatic heterocycles. The summed E-state index contributed by atoms with van der Waals surface area (Å²) in [5.74, 6) is -0.331. The maximum atomic E-state index is 12.7. The first-order valence-electron chi connectivity index (χ1n) is 5.22. The second-order valence-corrected chi connectivity index (χ2v) is 3.95. The van der Waals surface area contributed by atoms with Gasteiger partial charge in [-0.3, -0.25) is 9.78 Å². The van der Waals surface area contributed by atoms with Crippen molar-refractivity contribution >= 4 is 12.0 Å². The number of rotatable bonds is 2. The summed E-state index contributed by atoms with van der Waals surface area (Å²) in [4.78, 5) is 16.5. The molecule has 2 heterocycles. The number of carbonyl (C=O) groups excluding carboxylic acids is 1. The molecule has 0 aromatic carbocycles. The molecule has 1 aromatic rings. The zero-order valence-corrected chi connectivity index (χ0v) is 9.06. The van der Waals surface area contributed by atoms with Crippen LogP contribution in [0.15, 0.2) is 24.4 Å². The molecule has 0 N–H and O–H groups in total. The molecule has 0 saturated carbocycles. The summed E-state index contributed by atoms with van der Waals surface area (Å²) in [5, 5.41) is 0. The molecular weight excluding hydrogens is 207 g/mol. The van der Waals surface area contributed by atoms with Crippen LogP contribution in [-0.4, -0.2) is 28.9 Å². The molecule has 1 aliphatic rings. The van der Waals surface area contributed by atoms with Gasteiger partial charge in [0.1, 0.15) is 5.82 Å². The Balaban J connectivity index is 2.20. The average molecular weight is 220 g/mol. The van der Waals surface area contributed by atoms with Crippen LogP contribution in [-0.2, 0) is 4.79 Å². The van der Waals surface area contributed by atoms with Gasteiger partial charge in [-0.25, -0.2) is 4.39 Å². The van der Waals surface area contributed by atoms with Crippen LogP contribution in [0.25, 0.3) is 5.57 Å². The van der Waals surface area contributed by atoms with Crippen LogP contribution in [0, 0.1) is 5.82 Å². The minimum atomic E-state index is -0.331. The Morgan fingerprint density at radius 2 is 2.38 bits per heavy atom. The van der Waals surface area contributed by atoms with Crippen LogP contribution < -0.4 is 0 Å². The number of hydrogen-bond acceptors (Lipinski definition) is 2. The van der Waals surface area contributed by atoms with Gasteiger partial charge in [0, 0.05) is 12.6 Å². The van der Waals surface area contributed by atoms with Crippen molar-refractivity contribution in [1.82, 2.24) is 9.88 Å². The summed E-state index contributed by atoms with van der Waals surface area (Å²) in [6.07, 6.45) is 4.80. The van der Waals surface area contributed by atoms with E-state index >= 15 is 0 Å². The van der Waals surface area contributed by atoms with E-state index in [0.29, 0.717) is 6.54 Å². The standard InChI is InChI=1S/C12H13FN2O/c1-9-6-10(4-5-15(9)8-16)12-3-2-11(13)7-14-12/h2-4,7-9H,5-6H2,1H3/t9-/m0/s1. The lowest BCUT2D eigenvalue weighted by atomic mass is 9.99. The lowest BCUT2D eigenvalue weighted by Crippen LogP contribution is -2.35. The SMILES string of the molecule is C[C@H]1CC(c2ccc(F)cn2)=CCN1C=O. The Hall–Kier alpha value is -1.71. The van der Waals surface area contributed by atoms with Gasteiger partial charge in [-0.1, -0.05) is 6.08 Å². The van der Waals surface area contributed by atoms with Gasteiger partial charge < -0.3 is 4.90 Å². The maximum absolute atomic E-state index is 12.7. The van der Waals surface area contributed by atoms with Gasteiger partial charge in [0.05, 0.1) is 11.9 Å². The fraction of sp³-hybridized carbons (Fsp3) is 0.333.